The van der Waals surface area contributed by atoms with Crippen LogP contribution in [0.15, 0.2) is 37.7 Å². The van der Waals surface area contributed by atoms with Gasteiger partial charge in [-0.05, 0) is 50.1 Å². The molecule has 0 fully saturated rings. The van der Waals surface area contributed by atoms with Gasteiger partial charge in [0.15, 0.2) is 0 Å². The topological polar surface area (TPSA) is 21.3 Å². The molecule has 2 aromatic carbocycles. The second-order valence-electron chi connectivity index (χ2n) is 4.18. The Balaban J connectivity index is 2.29. The highest BCUT2D eigenvalue weighted by Crippen LogP contribution is 2.34. The summed E-state index contributed by atoms with van der Waals surface area (Å²) in [6, 6.07) is 5.77. The number of anilines is 1. The van der Waals surface area contributed by atoms with Gasteiger partial charge in [0, 0.05) is 27.1 Å². The number of ether oxygens (including phenoxy) is 1. The zero-order chi connectivity index (χ0) is 15.6. The molecule has 0 spiro atoms. The molecule has 2 nitrogen and oxygen atoms in total. The van der Waals surface area contributed by atoms with E-state index in [1.807, 2.05) is 12.1 Å². The van der Waals surface area contributed by atoms with Crippen LogP contribution in [0.2, 0.25) is 0 Å². The molecule has 112 valence electrons. The third-order valence-electron chi connectivity index (χ3n) is 2.75. The average molecular weight is 486 g/mol. The smallest absolute Gasteiger partial charge is 0.150 e. The summed E-state index contributed by atoms with van der Waals surface area (Å²) in [4.78, 5) is 0. The van der Waals surface area contributed by atoms with Crippen molar-refractivity contribution in [2.45, 2.75) is 6.54 Å². The van der Waals surface area contributed by atoms with Crippen LogP contribution in [0.5, 0.6) is 5.75 Å². The monoisotopic (exact) mass is 483 g/mol. The molecule has 0 radical (unpaired) electrons. The Labute approximate surface area is 146 Å². The second-order valence-corrected chi connectivity index (χ2v) is 6.80. The minimum Gasteiger partial charge on any atom is -0.495 e. The van der Waals surface area contributed by atoms with E-state index < -0.39 is 11.6 Å². The Morgan fingerprint density at radius 1 is 1.05 bits per heavy atom. The van der Waals surface area contributed by atoms with Crippen LogP contribution in [0.4, 0.5) is 14.5 Å². The predicted octanol–water partition coefficient (Wildman–Crippen LogP) is 5.87. The van der Waals surface area contributed by atoms with Gasteiger partial charge < -0.3 is 10.1 Å². The van der Waals surface area contributed by atoms with Crippen LogP contribution in [0.3, 0.4) is 0 Å². The van der Waals surface area contributed by atoms with Gasteiger partial charge in [-0.25, -0.2) is 8.78 Å². The number of methoxy groups -OCH3 is 1. The summed E-state index contributed by atoms with van der Waals surface area (Å²) in [6.45, 7) is 0.322. The van der Waals surface area contributed by atoms with Gasteiger partial charge in [0.1, 0.15) is 17.4 Å². The molecule has 0 aliphatic rings. The molecule has 2 aromatic rings. The fourth-order valence-electron chi connectivity index (χ4n) is 1.87. The second kappa shape index (κ2) is 7.07. The Morgan fingerprint density at radius 3 is 2.38 bits per heavy atom. The highest BCUT2D eigenvalue weighted by Gasteiger charge is 2.13. The molecule has 0 bridgehead atoms. The maximum Gasteiger partial charge on any atom is 0.150 e. The average Bonchev–Trinajstić information content (AvgIpc) is 2.36. The number of nitrogens with one attached hydrogen (secondary N) is 1. The standard InChI is InChI=1S/C14H10Br3F2NO/c1-21-14-7(2-8(15)3-11(14)17)6-20-13-10(16)4-9(18)5-12(13)19/h2-5,20H,6H2,1H3. The fraction of sp³-hybridized carbons (Fsp3) is 0.143. The highest BCUT2D eigenvalue weighted by molar-refractivity contribution is 9.11. The third kappa shape index (κ3) is 3.96. The Morgan fingerprint density at radius 2 is 1.76 bits per heavy atom. The van der Waals surface area contributed by atoms with Crippen LogP contribution in [0, 0.1) is 11.6 Å². The molecule has 7 heteroatoms. The normalized spacial score (nSPS) is 10.6. The van der Waals surface area contributed by atoms with Crippen molar-refractivity contribution in [2.24, 2.45) is 0 Å². The summed E-state index contributed by atoms with van der Waals surface area (Å²) in [6.07, 6.45) is 0. The van der Waals surface area contributed by atoms with Crippen molar-refractivity contribution in [3.63, 3.8) is 0 Å². The van der Waals surface area contributed by atoms with Gasteiger partial charge in [0.05, 0.1) is 17.3 Å². The zero-order valence-corrected chi connectivity index (χ0v) is 15.6. The Kier molecular flexibility index (Phi) is 5.62. The van der Waals surface area contributed by atoms with E-state index in [2.05, 4.69) is 53.1 Å². The van der Waals surface area contributed by atoms with Crippen molar-refractivity contribution in [2.75, 3.05) is 12.4 Å². The van der Waals surface area contributed by atoms with E-state index in [0.717, 1.165) is 20.6 Å². The van der Waals surface area contributed by atoms with Gasteiger partial charge in [-0.3, -0.25) is 0 Å². The summed E-state index contributed by atoms with van der Waals surface area (Å²) in [7, 11) is 1.56. The summed E-state index contributed by atoms with van der Waals surface area (Å²) in [5.74, 6) is -0.632. The SMILES string of the molecule is COc1c(Br)cc(Br)cc1CNc1c(F)cc(F)cc1Br. The van der Waals surface area contributed by atoms with Gasteiger partial charge in [-0.15, -0.1) is 0 Å². The van der Waals surface area contributed by atoms with Crippen molar-refractivity contribution in [1.82, 2.24) is 0 Å². The van der Waals surface area contributed by atoms with Crippen molar-refractivity contribution in [3.05, 3.63) is 54.9 Å². The molecule has 1 N–H and O–H groups in total. The van der Waals surface area contributed by atoms with E-state index >= 15 is 0 Å². The molecule has 0 atom stereocenters. The molecule has 0 aliphatic heterocycles. The van der Waals surface area contributed by atoms with Gasteiger partial charge in [-0.1, -0.05) is 15.9 Å². The number of hydrogen-bond donors (Lipinski definition) is 1. The van der Waals surface area contributed by atoms with Crippen molar-refractivity contribution >= 4 is 53.5 Å². The first kappa shape index (κ1) is 16.7. The van der Waals surface area contributed by atoms with Gasteiger partial charge >= 0.3 is 0 Å². The van der Waals surface area contributed by atoms with Crippen LogP contribution >= 0.6 is 47.8 Å². The molecule has 0 amide bonds. The molecule has 0 aliphatic carbocycles. The minimum absolute atomic E-state index is 0.203. The Bertz CT molecular complexity index is 657. The van der Waals surface area contributed by atoms with Crippen LogP contribution in [-0.4, -0.2) is 7.11 Å². The molecular formula is C14H10Br3F2NO. The lowest BCUT2D eigenvalue weighted by molar-refractivity contribution is 0.407. The molecule has 0 unspecified atom stereocenters. The van der Waals surface area contributed by atoms with Crippen LogP contribution < -0.4 is 10.1 Å². The largest absolute Gasteiger partial charge is 0.495 e. The predicted molar refractivity (Wildman–Crippen MR) is 89.8 cm³/mol. The quantitative estimate of drug-likeness (QED) is 0.584. The van der Waals surface area contributed by atoms with E-state index in [1.54, 1.807) is 7.11 Å². The lowest BCUT2D eigenvalue weighted by Crippen LogP contribution is -2.05. The number of halogens is 5. The summed E-state index contributed by atoms with van der Waals surface area (Å²) in [5, 5.41) is 2.94. The van der Waals surface area contributed by atoms with Crippen LogP contribution in [-0.2, 0) is 6.54 Å². The van der Waals surface area contributed by atoms with Crippen molar-refractivity contribution in [1.29, 1.82) is 0 Å². The lowest BCUT2D eigenvalue weighted by atomic mass is 10.2. The molecule has 21 heavy (non-hydrogen) atoms. The first-order chi connectivity index (χ1) is 9.92. The summed E-state index contributed by atoms with van der Waals surface area (Å²) >= 11 is 9.95. The molecule has 2 rings (SSSR count). The van der Waals surface area contributed by atoms with E-state index in [-0.39, 0.29) is 5.69 Å². The van der Waals surface area contributed by atoms with E-state index in [0.29, 0.717) is 16.8 Å². The summed E-state index contributed by atoms with van der Waals surface area (Å²) < 4.78 is 34.1. The zero-order valence-electron chi connectivity index (χ0n) is 10.8. The van der Waals surface area contributed by atoms with Crippen molar-refractivity contribution < 1.29 is 13.5 Å². The molecule has 0 aromatic heterocycles. The highest BCUT2D eigenvalue weighted by atomic mass is 79.9. The first-order valence-corrected chi connectivity index (χ1v) is 8.20. The van der Waals surface area contributed by atoms with E-state index in [9.17, 15) is 8.78 Å². The van der Waals surface area contributed by atoms with E-state index in [4.69, 9.17) is 4.74 Å². The van der Waals surface area contributed by atoms with Crippen molar-refractivity contribution in [3.8, 4) is 5.75 Å². The lowest BCUT2D eigenvalue weighted by Gasteiger charge is -2.14. The third-order valence-corrected chi connectivity index (χ3v) is 4.42. The van der Waals surface area contributed by atoms with E-state index in [1.165, 1.54) is 6.07 Å². The van der Waals surface area contributed by atoms with Crippen LogP contribution in [0.25, 0.3) is 0 Å². The molecule has 0 saturated heterocycles. The molecular weight excluding hydrogens is 476 g/mol. The number of hydrogen-bond acceptors (Lipinski definition) is 2. The number of rotatable bonds is 4. The summed E-state index contributed by atoms with van der Waals surface area (Å²) in [5.41, 5.74) is 1.03. The molecule has 0 saturated carbocycles. The maximum absolute atomic E-state index is 13.8. The van der Waals surface area contributed by atoms with Gasteiger partial charge in [0.2, 0.25) is 0 Å². The maximum atomic E-state index is 13.8. The van der Waals surface area contributed by atoms with Crippen LogP contribution in [0.1, 0.15) is 5.56 Å². The van der Waals surface area contributed by atoms with Gasteiger partial charge in [-0.2, -0.15) is 0 Å². The molecule has 0 heterocycles. The fourth-order valence-corrected chi connectivity index (χ4v) is 3.89. The first-order valence-electron chi connectivity index (χ1n) is 5.82. The Hall–Kier alpha value is -0.660. The van der Waals surface area contributed by atoms with Gasteiger partial charge in [0.25, 0.3) is 0 Å². The minimum atomic E-state index is -0.657. The number of benzene rings is 2.